The highest BCUT2D eigenvalue weighted by molar-refractivity contribution is 9.10. The first kappa shape index (κ1) is 14.1. The van der Waals surface area contributed by atoms with E-state index in [1.807, 2.05) is 42.5 Å². The molecule has 0 aliphatic heterocycles. The second-order valence-corrected chi connectivity index (χ2v) is 5.64. The third kappa shape index (κ3) is 4.69. The molecule has 0 bridgehead atoms. The Labute approximate surface area is 128 Å². The largest absolute Gasteiger partial charge is 0.484 e. The third-order valence-electron chi connectivity index (χ3n) is 2.27. The fraction of sp³-hybridized carbons (Fsp3) is 0.0714. The maximum atomic E-state index is 11.7. The molecule has 2 aromatic carbocycles. The van der Waals surface area contributed by atoms with Gasteiger partial charge in [0.2, 0.25) is 0 Å². The molecule has 0 aromatic heterocycles. The summed E-state index contributed by atoms with van der Waals surface area (Å²) in [4.78, 5) is 11.7. The minimum atomic E-state index is -0.196. The molecule has 5 heteroatoms. The van der Waals surface area contributed by atoms with E-state index >= 15 is 0 Å². The van der Waals surface area contributed by atoms with Crippen molar-refractivity contribution in [1.82, 2.24) is 0 Å². The number of carbonyl (C=O) groups excluding carboxylic acids is 1. The summed E-state index contributed by atoms with van der Waals surface area (Å²) in [6.45, 7) is -0.0248. The topological polar surface area (TPSA) is 38.3 Å². The van der Waals surface area contributed by atoms with Crippen LogP contribution >= 0.6 is 31.9 Å². The van der Waals surface area contributed by atoms with E-state index in [-0.39, 0.29) is 12.5 Å². The van der Waals surface area contributed by atoms with Crippen molar-refractivity contribution in [3.8, 4) is 5.75 Å². The molecule has 0 spiro atoms. The number of carbonyl (C=O) groups is 1. The van der Waals surface area contributed by atoms with E-state index in [2.05, 4.69) is 37.2 Å². The van der Waals surface area contributed by atoms with Crippen LogP contribution in [-0.2, 0) is 4.79 Å². The molecule has 0 radical (unpaired) electrons. The quantitative estimate of drug-likeness (QED) is 0.856. The lowest BCUT2D eigenvalue weighted by Crippen LogP contribution is -2.20. The molecule has 1 amide bonds. The molecular formula is C14H11Br2NO2. The maximum absolute atomic E-state index is 11.7. The standard InChI is InChI=1S/C14H11Br2NO2/c15-10-3-1-5-12(7-10)17-14(18)9-19-13-6-2-4-11(16)8-13/h1-8H,9H2,(H,17,18). The Kier molecular flexibility index (Phi) is 4.99. The van der Waals surface area contributed by atoms with Gasteiger partial charge in [0.05, 0.1) is 0 Å². The van der Waals surface area contributed by atoms with Gasteiger partial charge in [0, 0.05) is 14.6 Å². The van der Waals surface area contributed by atoms with E-state index in [4.69, 9.17) is 4.74 Å². The summed E-state index contributed by atoms with van der Waals surface area (Å²) in [6, 6.07) is 14.8. The highest BCUT2D eigenvalue weighted by Crippen LogP contribution is 2.18. The molecule has 0 aliphatic carbocycles. The number of halogens is 2. The summed E-state index contributed by atoms with van der Waals surface area (Å²) >= 11 is 6.69. The van der Waals surface area contributed by atoms with E-state index in [1.54, 1.807) is 6.07 Å². The number of amides is 1. The Morgan fingerprint density at radius 1 is 1.05 bits per heavy atom. The Morgan fingerprint density at radius 2 is 1.74 bits per heavy atom. The molecule has 1 N–H and O–H groups in total. The minimum absolute atomic E-state index is 0.0248. The Balaban J connectivity index is 1.88. The Hall–Kier alpha value is -1.33. The average Bonchev–Trinajstić information content (AvgIpc) is 2.36. The molecule has 0 fully saturated rings. The van der Waals surface area contributed by atoms with E-state index in [0.717, 1.165) is 14.6 Å². The van der Waals surface area contributed by atoms with Gasteiger partial charge in [0.15, 0.2) is 6.61 Å². The Morgan fingerprint density at radius 3 is 2.42 bits per heavy atom. The first-order valence-electron chi connectivity index (χ1n) is 5.57. The van der Waals surface area contributed by atoms with Crippen LogP contribution in [0.5, 0.6) is 5.75 Å². The molecule has 0 atom stereocenters. The van der Waals surface area contributed by atoms with E-state index in [1.165, 1.54) is 0 Å². The predicted molar refractivity (Wildman–Crippen MR) is 82.4 cm³/mol. The summed E-state index contributed by atoms with van der Waals surface area (Å²) in [5.74, 6) is 0.455. The number of benzene rings is 2. The molecule has 2 rings (SSSR count). The van der Waals surface area contributed by atoms with Gasteiger partial charge >= 0.3 is 0 Å². The van der Waals surface area contributed by atoms with Gasteiger partial charge in [0.1, 0.15) is 5.75 Å². The molecule has 0 unspecified atom stereocenters. The van der Waals surface area contributed by atoms with E-state index in [0.29, 0.717) is 5.75 Å². The van der Waals surface area contributed by atoms with Gasteiger partial charge < -0.3 is 10.1 Å². The second kappa shape index (κ2) is 6.73. The molecule has 0 aliphatic rings. The number of rotatable bonds is 4. The summed E-state index contributed by atoms with van der Waals surface area (Å²) in [6.07, 6.45) is 0. The molecule has 98 valence electrons. The van der Waals surface area contributed by atoms with Gasteiger partial charge in [-0.3, -0.25) is 4.79 Å². The summed E-state index contributed by atoms with van der Waals surface area (Å²) in [7, 11) is 0. The van der Waals surface area contributed by atoms with Gasteiger partial charge in [-0.1, -0.05) is 44.0 Å². The van der Waals surface area contributed by atoms with Gasteiger partial charge in [-0.25, -0.2) is 0 Å². The van der Waals surface area contributed by atoms with Gasteiger partial charge in [-0.05, 0) is 36.4 Å². The normalized spacial score (nSPS) is 10.0. The van der Waals surface area contributed by atoms with E-state index < -0.39 is 0 Å². The minimum Gasteiger partial charge on any atom is -0.484 e. The van der Waals surface area contributed by atoms with Crippen LogP contribution < -0.4 is 10.1 Å². The van der Waals surface area contributed by atoms with Crippen LogP contribution in [0.25, 0.3) is 0 Å². The van der Waals surface area contributed by atoms with Crippen molar-refractivity contribution in [2.75, 3.05) is 11.9 Å². The van der Waals surface area contributed by atoms with Crippen molar-refractivity contribution < 1.29 is 9.53 Å². The second-order valence-electron chi connectivity index (χ2n) is 3.80. The molecule has 0 saturated carbocycles. The first-order valence-corrected chi connectivity index (χ1v) is 7.16. The smallest absolute Gasteiger partial charge is 0.262 e. The van der Waals surface area contributed by atoms with Crippen LogP contribution in [0.3, 0.4) is 0 Å². The zero-order valence-electron chi connectivity index (χ0n) is 9.90. The summed E-state index contributed by atoms with van der Waals surface area (Å²) in [5.41, 5.74) is 0.734. The monoisotopic (exact) mass is 383 g/mol. The summed E-state index contributed by atoms with van der Waals surface area (Å²) < 4.78 is 7.23. The lowest BCUT2D eigenvalue weighted by molar-refractivity contribution is -0.118. The number of nitrogens with one attached hydrogen (secondary N) is 1. The van der Waals surface area contributed by atoms with Gasteiger partial charge in [-0.15, -0.1) is 0 Å². The predicted octanol–water partition coefficient (Wildman–Crippen LogP) is 4.23. The van der Waals surface area contributed by atoms with E-state index in [9.17, 15) is 4.79 Å². The number of hydrogen-bond acceptors (Lipinski definition) is 2. The molecule has 19 heavy (non-hydrogen) atoms. The lowest BCUT2D eigenvalue weighted by atomic mass is 10.3. The zero-order valence-corrected chi connectivity index (χ0v) is 13.1. The molecular weight excluding hydrogens is 374 g/mol. The van der Waals surface area contributed by atoms with Crippen LogP contribution in [-0.4, -0.2) is 12.5 Å². The van der Waals surface area contributed by atoms with Crippen LogP contribution in [0.2, 0.25) is 0 Å². The van der Waals surface area contributed by atoms with Crippen molar-refractivity contribution in [2.45, 2.75) is 0 Å². The fourth-order valence-corrected chi connectivity index (χ4v) is 2.25. The van der Waals surface area contributed by atoms with Crippen molar-refractivity contribution in [1.29, 1.82) is 0 Å². The third-order valence-corrected chi connectivity index (χ3v) is 3.26. The molecule has 0 saturated heterocycles. The number of hydrogen-bond donors (Lipinski definition) is 1. The van der Waals surface area contributed by atoms with Gasteiger partial charge in [-0.2, -0.15) is 0 Å². The van der Waals surface area contributed by atoms with Crippen LogP contribution in [0.4, 0.5) is 5.69 Å². The van der Waals surface area contributed by atoms with Crippen molar-refractivity contribution in [3.63, 3.8) is 0 Å². The fourth-order valence-electron chi connectivity index (χ4n) is 1.47. The van der Waals surface area contributed by atoms with Gasteiger partial charge in [0.25, 0.3) is 5.91 Å². The van der Waals surface area contributed by atoms with Crippen LogP contribution in [0.15, 0.2) is 57.5 Å². The van der Waals surface area contributed by atoms with Crippen molar-refractivity contribution in [3.05, 3.63) is 57.5 Å². The first-order chi connectivity index (χ1) is 9.13. The lowest BCUT2D eigenvalue weighted by Gasteiger charge is -2.08. The van der Waals surface area contributed by atoms with Crippen LogP contribution in [0, 0.1) is 0 Å². The van der Waals surface area contributed by atoms with Crippen molar-refractivity contribution in [2.24, 2.45) is 0 Å². The maximum Gasteiger partial charge on any atom is 0.262 e. The highest BCUT2D eigenvalue weighted by Gasteiger charge is 2.04. The number of ether oxygens (including phenoxy) is 1. The SMILES string of the molecule is O=C(COc1cccc(Br)c1)Nc1cccc(Br)c1. The highest BCUT2D eigenvalue weighted by atomic mass is 79.9. The average molecular weight is 385 g/mol. The zero-order chi connectivity index (χ0) is 13.7. The summed E-state index contributed by atoms with van der Waals surface area (Å²) in [5, 5.41) is 2.76. The Bertz CT molecular complexity index is 587. The van der Waals surface area contributed by atoms with Crippen molar-refractivity contribution >= 4 is 43.5 Å². The molecule has 2 aromatic rings. The molecule has 3 nitrogen and oxygen atoms in total. The molecule has 0 heterocycles. The number of anilines is 1. The van der Waals surface area contributed by atoms with Crippen LogP contribution in [0.1, 0.15) is 0 Å².